The summed E-state index contributed by atoms with van der Waals surface area (Å²) in [5, 5.41) is 15.1. The quantitative estimate of drug-likeness (QED) is 0.0564. The summed E-state index contributed by atoms with van der Waals surface area (Å²) >= 11 is 0. The van der Waals surface area contributed by atoms with Gasteiger partial charge in [0.05, 0.1) is 22.6 Å². The van der Waals surface area contributed by atoms with Crippen molar-refractivity contribution in [3.63, 3.8) is 0 Å². The van der Waals surface area contributed by atoms with E-state index in [1.165, 1.54) is 36.7 Å². The summed E-state index contributed by atoms with van der Waals surface area (Å²) in [6.45, 7) is 0. The van der Waals surface area contributed by atoms with Gasteiger partial charge in [0.1, 0.15) is 24.3 Å². The number of carbonyl (C=O) groups is 4. The van der Waals surface area contributed by atoms with Crippen LogP contribution in [0.2, 0.25) is 0 Å². The number of benzene rings is 2. The number of carboxylic acids is 1. The molecule has 52 heavy (non-hydrogen) atoms. The molecule has 2 aromatic carbocycles. The predicted octanol–water partition coefficient (Wildman–Crippen LogP) is 2.79. The number of allylic oxidation sites excluding steroid dienone is 5. The van der Waals surface area contributed by atoms with Gasteiger partial charge >= 0.3 is 5.97 Å². The van der Waals surface area contributed by atoms with Gasteiger partial charge in [0.2, 0.25) is 0 Å². The maximum Gasteiger partial charge on any atom is 0.337 e. The van der Waals surface area contributed by atoms with Gasteiger partial charge in [-0.1, -0.05) is 12.1 Å². The van der Waals surface area contributed by atoms with E-state index in [4.69, 9.17) is 22.9 Å². The highest BCUT2D eigenvalue weighted by Gasteiger charge is 2.15. The number of carboxylic acid groups (broad SMARTS) is 1. The summed E-state index contributed by atoms with van der Waals surface area (Å²) in [4.78, 5) is 53.2. The van der Waals surface area contributed by atoms with Crippen LogP contribution in [0.15, 0.2) is 110 Å². The van der Waals surface area contributed by atoms with Crippen molar-refractivity contribution in [3.8, 4) is 0 Å². The van der Waals surface area contributed by atoms with Gasteiger partial charge in [0.25, 0.3) is 5.91 Å². The van der Waals surface area contributed by atoms with Gasteiger partial charge < -0.3 is 43.4 Å². The third-order valence-corrected chi connectivity index (χ3v) is 6.89. The van der Waals surface area contributed by atoms with Crippen LogP contribution in [0.25, 0.3) is 11.6 Å². The van der Waals surface area contributed by atoms with E-state index in [1.54, 1.807) is 79.7 Å². The molecule has 0 saturated carbocycles. The first kappa shape index (κ1) is 41.2. The molecule has 2 heterocycles. The molecule has 0 unspecified atom stereocenters. The molecule has 0 atom stereocenters. The first-order valence-corrected chi connectivity index (χ1v) is 15.6. The number of anilines is 2. The summed E-state index contributed by atoms with van der Waals surface area (Å²) in [7, 11) is 5.01. The minimum Gasteiger partial charge on any atom is -0.478 e. The van der Waals surface area contributed by atoms with E-state index >= 15 is 0 Å². The number of carbonyl (C=O) groups excluding carboxylic acids is 3. The summed E-state index contributed by atoms with van der Waals surface area (Å²) in [6, 6.07) is 10.4. The number of imidazole rings is 2. The fraction of sp³-hybridized carbons (Fsp3) is 0.167. The van der Waals surface area contributed by atoms with E-state index in [-0.39, 0.29) is 22.6 Å². The second-order valence-electron chi connectivity index (χ2n) is 10.7. The number of hydrogen-bond donors (Lipinski definition) is 7. The molecule has 0 bridgehead atoms. The molecule has 0 radical (unpaired) electrons. The van der Waals surface area contributed by atoms with Gasteiger partial charge in [-0.25, -0.2) is 14.8 Å². The molecule has 4 rings (SSSR count). The summed E-state index contributed by atoms with van der Waals surface area (Å²) in [5.74, 6) is -1.07. The van der Waals surface area contributed by atoms with Gasteiger partial charge in [0.15, 0.2) is 12.6 Å². The molecule has 16 nitrogen and oxygen atoms in total. The molecule has 0 aliphatic carbocycles. The number of aromatic nitrogens is 4. The molecule has 1 amide bonds. The number of ether oxygens (including phenoxy) is 1. The third-order valence-electron chi connectivity index (χ3n) is 6.89. The monoisotopic (exact) mass is 712 g/mol. The molecule has 0 aliphatic heterocycles. The molecule has 274 valence electrons. The normalized spacial score (nSPS) is 11.7. The lowest BCUT2D eigenvalue weighted by molar-refractivity contribution is -0.113. The van der Waals surface area contributed by atoms with Crippen molar-refractivity contribution < 1.29 is 29.0 Å². The Bertz CT molecular complexity index is 1900. The van der Waals surface area contributed by atoms with E-state index in [2.05, 4.69) is 25.3 Å². The SMILES string of the molecule is CNc1cc(CCCc2ccc(C(=O)O)c(NC(=O)/C(N)=C/C=C(\N)n3ccnc3)c2)ccc1C=O.COC.N/C(C=O)=C\C=C(/N)n1ccnc1. The highest BCUT2D eigenvalue weighted by Crippen LogP contribution is 2.21. The van der Waals surface area contributed by atoms with Crippen LogP contribution >= 0.6 is 0 Å². The number of aromatic carboxylic acids is 1. The van der Waals surface area contributed by atoms with Crippen LogP contribution in [0.1, 0.15) is 38.3 Å². The van der Waals surface area contributed by atoms with Gasteiger partial charge in [-0.2, -0.15) is 0 Å². The average molecular weight is 713 g/mol. The Kier molecular flexibility index (Phi) is 17.4. The standard InChI is InChI=1S/C26H28N6O4.C8H10N4O.C2H6O/c1-29-22-13-17(5-7-19(22)15-33)3-2-4-18-6-8-20(26(35)36)23(14-18)31-25(34)21(27)9-10-24(28)32-12-11-30-16-32;9-7(5-13)1-2-8(10)12-4-3-11-6-12;1-3-2/h5-16,29H,2-4,27-28H2,1H3,(H,31,34)(H,35,36);1-6H,9-10H2;1-2H3/b21-9-,24-10+;7-1-,8-2+;. The van der Waals surface area contributed by atoms with Crippen molar-refractivity contribution in [2.75, 3.05) is 31.9 Å². The topological polar surface area (TPSA) is 262 Å². The molecule has 11 N–H and O–H groups in total. The van der Waals surface area contributed by atoms with Crippen LogP contribution in [-0.2, 0) is 27.2 Å². The third kappa shape index (κ3) is 13.5. The molecule has 2 aromatic heterocycles. The summed E-state index contributed by atoms with van der Waals surface area (Å²) in [5.41, 5.74) is 26.0. The van der Waals surface area contributed by atoms with Gasteiger partial charge in [-0.05, 0) is 79.0 Å². The molecule has 0 fully saturated rings. The minimum atomic E-state index is -1.17. The number of nitrogens with two attached hydrogens (primary N) is 4. The lowest BCUT2D eigenvalue weighted by Crippen LogP contribution is -2.21. The van der Waals surface area contributed by atoms with Crippen molar-refractivity contribution in [3.05, 3.63) is 132 Å². The number of aryl methyl sites for hydroxylation is 2. The second-order valence-corrected chi connectivity index (χ2v) is 10.7. The number of methoxy groups -OCH3 is 1. The van der Waals surface area contributed by atoms with Crippen molar-refractivity contribution >= 4 is 47.5 Å². The van der Waals surface area contributed by atoms with Gasteiger partial charge in [-0.15, -0.1) is 0 Å². The van der Waals surface area contributed by atoms with E-state index in [1.807, 2.05) is 12.1 Å². The first-order chi connectivity index (χ1) is 25.0. The highest BCUT2D eigenvalue weighted by molar-refractivity contribution is 6.07. The van der Waals surface area contributed by atoms with Crippen LogP contribution in [0.4, 0.5) is 11.4 Å². The number of nitrogens with zero attached hydrogens (tertiary/aromatic N) is 4. The molecule has 0 spiro atoms. The van der Waals surface area contributed by atoms with E-state index in [9.17, 15) is 24.3 Å². The molecule has 0 aliphatic rings. The minimum absolute atomic E-state index is 0.0449. The number of hydrogen-bond acceptors (Lipinski definition) is 12. The number of aldehydes is 2. The van der Waals surface area contributed by atoms with Crippen molar-refractivity contribution in [1.82, 2.24) is 19.1 Å². The lowest BCUT2D eigenvalue weighted by atomic mass is 10.0. The van der Waals surface area contributed by atoms with Crippen LogP contribution in [0, 0.1) is 0 Å². The Morgan fingerprint density at radius 3 is 1.85 bits per heavy atom. The first-order valence-electron chi connectivity index (χ1n) is 15.6. The van der Waals surface area contributed by atoms with Crippen LogP contribution in [0.3, 0.4) is 0 Å². The maximum absolute atomic E-state index is 12.6. The van der Waals surface area contributed by atoms with E-state index in [0.717, 1.165) is 35.9 Å². The zero-order valence-electron chi connectivity index (χ0n) is 29.1. The smallest absolute Gasteiger partial charge is 0.337 e. The zero-order valence-corrected chi connectivity index (χ0v) is 29.1. The summed E-state index contributed by atoms with van der Waals surface area (Å²) in [6.07, 6.45) is 18.9. The Labute approximate surface area is 301 Å². The number of nitrogens with one attached hydrogen (secondary N) is 2. The van der Waals surface area contributed by atoms with Crippen molar-refractivity contribution in [2.24, 2.45) is 22.9 Å². The van der Waals surface area contributed by atoms with Crippen molar-refractivity contribution in [1.29, 1.82) is 0 Å². The van der Waals surface area contributed by atoms with E-state index in [0.29, 0.717) is 29.9 Å². The predicted molar refractivity (Wildman–Crippen MR) is 200 cm³/mol. The van der Waals surface area contributed by atoms with Gasteiger partial charge in [-0.3, -0.25) is 23.5 Å². The fourth-order valence-corrected chi connectivity index (χ4v) is 4.27. The van der Waals surface area contributed by atoms with Crippen molar-refractivity contribution in [2.45, 2.75) is 19.3 Å². The highest BCUT2D eigenvalue weighted by atomic mass is 16.4. The second kappa shape index (κ2) is 21.9. The van der Waals surface area contributed by atoms with Crippen LogP contribution in [-0.4, -0.2) is 69.9 Å². The maximum atomic E-state index is 12.6. The Morgan fingerprint density at radius 2 is 1.37 bits per heavy atom. The molecule has 0 saturated heterocycles. The Balaban J connectivity index is 0.000000486. The van der Waals surface area contributed by atoms with E-state index < -0.39 is 11.9 Å². The summed E-state index contributed by atoms with van der Waals surface area (Å²) < 4.78 is 7.40. The molecular formula is C36H44N10O6. The largest absolute Gasteiger partial charge is 0.478 e. The van der Waals surface area contributed by atoms with Crippen LogP contribution in [0.5, 0.6) is 0 Å². The lowest BCUT2D eigenvalue weighted by Gasteiger charge is -2.12. The molecule has 4 aromatic rings. The average Bonchev–Trinajstić information content (AvgIpc) is 3.89. The van der Waals surface area contributed by atoms with Crippen LogP contribution < -0.4 is 33.6 Å². The molecular weight excluding hydrogens is 668 g/mol. The van der Waals surface area contributed by atoms with Gasteiger partial charge in [0, 0.05) is 57.3 Å². The number of rotatable bonds is 14. The number of amides is 1. The molecule has 16 heteroatoms. The zero-order chi connectivity index (χ0) is 38.5. The fourth-order valence-electron chi connectivity index (χ4n) is 4.27. The Hall–Kier alpha value is -6.94. The Morgan fingerprint density at radius 1 is 0.827 bits per heavy atom.